The van der Waals surface area contributed by atoms with Crippen molar-refractivity contribution in [2.24, 2.45) is 0 Å². The summed E-state index contributed by atoms with van der Waals surface area (Å²) in [6.07, 6.45) is 0. The number of rotatable bonds is 2. The van der Waals surface area contributed by atoms with Crippen LogP contribution in [0.2, 0.25) is 5.02 Å². The number of carbonyl (C=O) groups excluding carboxylic acids is 1. The second kappa shape index (κ2) is 5.94. The molecule has 0 spiro atoms. The molecule has 0 aliphatic carbocycles. The van der Waals surface area contributed by atoms with Crippen LogP contribution in [-0.4, -0.2) is 11.0 Å². The summed E-state index contributed by atoms with van der Waals surface area (Å²) < 4.78 is 1.09. The number of anilines is 2. The monoisotopic (exact) mass is 331 g/mol. The minimum Gasteiger partial charge on any atom is -0.308 e. The van der Waals surface area contributed by atoms with Crippen LogP contribution in [0.5, 0.6) is 0 Å². The molecule has 2 N–H and O–H groups in total. The molecule has 6 heteroatoms. The summed E-state index contributed by atoms with van der Waals surface area (Å²) in [6, 6.07) is 10.7. The molecule has 1 heterocycles. The molecular weight excluding hydrogens is 318 g/mol. The van der Waals surface area contributed by atoms with Gasteiger partial charge in [0.2, 0.25) is 0 Å². The minimum absolute atomic E-state index is 0.323. The average Bonchev–Trinajstić information content (AvgIpc) is 2.84. The Morgan fingerprint density at radius 1 is 1.14 bits per heavy atom. The van der Waals surface area contributed by atoms with Crippen LogP contribution in [0, 0.1) is 13.8 Å². The quantitative estimate of drug-likeness (QED) is 0.677. The number of nitrogens with zero attached hydrogens (tertiary/aromatic N) is 1. The highest BCUT2D eigenvalue weighted by atomic mass is 35.5. The molecule has 0 saturated carbocycles. The topological polar surface area (TPSA) is 54.0 Å². The van der Waals surface area contributed by atoms with Crippen LogP contribution in [0.1, 0.15) is 11.1 Å². The molecule has 1 aromatic heterocycles. The SMILES string of the molecule is Cc1cc(C)c2sc(NC(=O)Nc3ccc(Cl)cc3)nc2c1. The third kappa shape index (κ3) is 3.21. The number of aromatic nitrogens is 1. The van der Waals surface area contributed by atoms with Gasteiger partial charge in [-0.3, -0.25) is 5.32 Å². The highest BCUT2D eigenvalue weighted by Gasteiger charge is 2.10. The number of hydrogen-bond acceptors (Lipinski definition) is 3. The van der Waals surface area contributed by atoms with E-state index in [4.69, 9.17) is 11.6 Å². The summed E-state index contributed by atoms with van der Waals surface area (Å²) in [6.45, 7) is 4.08. The molecule has 0 saturated heterocycles. The van der Waals surface area contributed by atoms with E-state index in [0.717, 1.165) is 15.8 Å². The van der Waals surface area contributed by atoms with E-state index in [1.807, 2.05) is 19.9 Å². The lowest BCUT2D eigenvalue weighted by Crippen LogP contribution is -2.19. The van der Waals surface area contributed by atoms with E-state index >= 15 is 0 Å². The number of thiazole rings is 1. The Balaban J connectivity index is 1.76. The second-order valence-corrected chi connectivity index (χ2v) is 6.47. The molecule has 0 aliphatic rings. The van der Waals surface area contributed by atoms with E-state index in [0.29, 0.717) is 15.8 Å². The predicted molar refractivity (Wildman–Crippen MR) is 93.2 cm³/mol. The number of hydrogen-bond donors (Lipinski definition) is 2. The van der Waals surface area contributed by atoms with Crippen LogP contribution in [0.15, 0.2) is 36.4 Å². The third-order valence-electron chi connectivity index (χ3n) is 3.14. The molecule has 112 valence electrons. The molecule has 0 fully saturated rings. The van der Waals surface area contributed by atoms with Crippen molar-refractivity contribution >= 4 is 50.0 Å². The lowest BCUT2D eigenvalue weighted by atomic mass is 10.1. The Bertz CT molecular complexity index is 842. The zero-order chi connectivity index (χ0) is 15.7. The van der Waals surface area contributed by atoms with Crippen molar-refractivity contribution in [3.63, 3.8) is 0 Å². The van der Waals surface area contributed by atoms with Gasteiger partial charge in [-0.05, 0) is 55.3 Å². The van der Waals surface area contributed by atoms with Gasteiger partial charge in [0, 0.05) is 10.7 Å². The number of halogens is 1. The van der Waals surface area contributed by atoms with Crippen LogP contribution >= 0.6 is 22.9 Å². The van der Waals surface area contributed by atoms with Crippen molar-refractivity contribution in [2.45, 2.75) is 13.8 Å². The van der Waals surface area contributed by atoms with Crippen molar-refractivity contribution < 1.29 is 4.79 Å². The number of amides is 2. The van der Waals surface area contributed by atoms with Gasteiger partial charge < -0.3 is 5.32 Å². The molecule has 0 aliphatic heterocycles. The number of carbonyl (C=O) groups is 1. The highest BCUT2D eigenvalue weighted by molar-refractivity contribution is 7.22. The smallest absolute Gasteiger partial charge is 0.308 e. The minimum atomic E-state index is -0.323. The fourth-order valence-corrected chi connectivity index (χ4v) is 3.26. The zero-order valence-electron chi connectivity index (χ0n) is 12.1. The largest absolute Gasteiger partial charge is 0.325 e. The summed E-state index contributed by atoms with van der Waals surface area (Å²) in [5.74, 6) is 0. The molecule has 22 heavy (non-hydrogen) atoms. The first-order valence-corrected chi connectivity index (χ1v) is 7.92. The van der Waals surface area contributed by atoms with Crippen LogP contribution in [0.25, 0.3) is 10.2 Å². The first-order valence-electron chi connectivity index (χ1n) is 6.72. The summed E-state index contributed by atoms with van der Waals surface area (Å²) in [5.41, 5.74) is 3.91. The molecule has 3 aromatic rings. The Morgan fingerprint density at radius 2 is 1.86 bits per heavy atom. The summed E-state index contributed by atoms with van der Waals surface area (Å²) in [4.78, 5) is 16.5. The van der Waals surface area contributed by atoms with Crippen LogP contribution in [0.4, 0.5) is 15.6 Å². The van der Waals surface area contributed by atoms with Crippen molar-refractivity contribution in [1.29, 1.82) is 0 Å². The highest BCUT2D eigenvalue weighted by Crippen LogP contribution is 2.29. The van der Waals surface area contributed by atoms with E-state index in [2.05, 4.69) is 21.7 Å². The van der Waals surface area contributed by atoms with Crippen molar-refractivity contribution in [3.8, 4) is 0 Å². The first-order chi connectivity index (χ1) is 10.5. The van der Waals surface area contributed by atoms with Gasteiger partial charge in [-0.2, -0.15) is 0 Å². The maximum atomic E-state index is 12.0. The van der Waals surface area contributed by atoms with E-state index in [-0.39, 0.29) is 6.03 Å². The standard InChI is InChI=1S/C16H14ClN3OS/c1-9-7-10(2)14-13(8-9)19-16(22-14)20-15(21)18-12-5-3-11(17)4-6-12/h3-8H,1-2H3,(H2,18,19,20,21). The van der Waals surface area contributed by atoms with Crippen LogP contribution in [-0.2, 0) is 0 Å². The van der Waals surface area contributed by atoms with E-state index < -0.39 is 0 Å². The maximum absolute atomic E-state index is 12.0. The molecule has 3 rings (SSSR count). The number of nitrogens with one attached hydrogen (secondary N) is 2. The average molecular weight is 332 g/mol. The number of aryl methyl sites for hydroxylation is 2. The Morgan fingerprint density at radius 3 is 2.59 bits per heavy atom. The molecular formula is C16H14ClN3OS. The van der Waals surface area contributed by atoms with Gasteiger partial charge >= 0.3 is 6.03 Å². The number of urea groups is 1. The third-order valence-corrected chi connectivity index (χ3v) is 4.52. The van der Waals surface area contributed by atoms with Gasteiger partial charge in [0.1, 0.15) is 0 Å². The molecule has 0 radical (unpaired) electrons. The summed E-state index contributed by atoms with van der Waals surface area (Å²) >= 11 is 7.28. The van der Waals surface area contributed by atoms with Crippen molar-refractivity contribution in [1.82, 2.24) is 4.98 Å². The lowest BCUT2D eigenvalue weighted by Gasteiger charge is -2.04. The van der Waals surface area contributed by atoms with E-state index in [1.165, 1.54) is 16.9 Å². The Hall–Kier alpha value is -2.11. The van der Waals surface area contributed by atoms with E-state index in [9.17, 15) is 4.79 Å². The van der Waals surface area contributed by atoms with E-state index in [1.54, 1.807) is 24.3 Å². The predicted octanol–water partition coefficient (Wildman–Crippen LogP) is 5.21. The molecule has 2 amide bonds. The molecule has 4 nitrogen and oxygen atoms in total. The fraction of sp³-hybridized carbons (Fsp3) is 0.125. The first kappa shape index (κ1) is 14.8. The maximum Gasteiger partial charge on any atom is 0.325 e. The molecule has 0 bridgehead atoms. The molecule has 0 unspecified atom stereocenters. The number of benzene rings is 2. The van der Waals surface area contributed by atoms with Crippen molar-refractivity contribution in [2.75, 3.05) is 10.6 Å². The summed E-state index contributed by atoms with van der Waals surface area (Å²) in [5, 5.41) is 6.72. The van der Waals surface area contributed by atoms with Gasteiger partial charge in [-0.25, -0.2) is 9.78 Å². The van der Waals surface area contributed by atoms with Crippen LogP contribution in [0.3, 0.4) is 0 Å². The molecule has 0 atom stereocenters. The normalized spacial score (nSPS) is 10.7. The van der Waals surface area contributed by atoms with Gasteiger partial charge in [0.15, 0.2) is 5.13 Å². The Labute approximate surface area is 137 Å². The Kier molecular flexibility index (Phi) is 4.00. The second-order valence-electron chi connectivity index (χ2n) is 5.04. The molecule has 2 aromatic carbocycles. The van der Waals surface area contributed by atoms with Gasteiger partial charge in [-0.1, -0.05) is 29.0 Å². The van der Waals surface area contributed by atoms with Gasteiger partial charge in [0.25, 0.3) is 0 Å². The summed E-state index contributed by atoms with van der Waals surface area (Å²) in [7, 11) is 0. The zero-order valence-corrected chi connectivity index (χ0v) is 13.7. The lowest BCUT2D eigenvalue weighted by molar-refractivity contribution is 0.262. The fourth-order valence-electron chi connectivity index (χ4n) is 2.22. The van der Waals surface area contributed by atoms with Gasteiger partial charge in [0.05, 0.1) is 10.2 Å². The van der Waals surface area contributed by atoms with Crippen LogP contribution < -0.4 is 10.6 Å². The van der Waals surface area contributed by atoms with Crippen molar-refractivity contribution in [3.05, 3.63) is 52.5 Å². The van der Waals surface area contributed by atoms with Gasteiger partial charge in [-0.15, -0.1) is 0 Å². The number of fused-ring (bicyclic) bond motifs is 1.